The molecule has 2 aromatic rings. The maximum absolute atomic E-state index is 11.9. The monoisotopic (exact) mass is 429 g/mol. The molecule has 0 saturated carbocycles. The van der Waals surface area contributed by atoms with Crippen LogP contribution in [0.15, 0.2) is 41.1 Å². The molecule has 1 amide bonds. The predicted molar refractivity (Wildman–Crippen MR) is 115 cm³/mol. The van der Waals surface area contributed by atoms with E-state index in [0.717, 1.165) is 19.6 Å². The average molecular weight is 430 g/mol. The zero-order valence-electron chi connectivity index (χ0n) is 17.0. The van der Waals surface area contributed by atoms with E-state index in [2.05, 4.69) is 27.0 Å². The minimum absolute atomic E-state index is 0.0768. The number of nitrogens with one attached hydrogen (secondary N) is 1. The molecule has 0 spiro atoms. The number of likely N-dealkylation sites (tertiary alicyclic amines) is 1. The van der Waals surface area contributed by atoms with Crippen LogP contribution >= 0.6 is 0 Å². The van der Waals surface area contributed by atoms with E-state index >= 15 is 0 Å². The first kappa shape index (κ1) is 22.1. The van der Waals surface area contributed by atoms with Gasteiger partial charge in [-0.05, 0) is 49.7 Å². The van der Waals surface area contributed by atoms with Gasteiger partial charge in [0.05, 0.1) is 18.6 Å². The van der Waals surface area contributed by atoms with E-state index in [0.29, 0.717) is 11.6 Å². The van der Waals surface area contributed by atoms with Gasteiger partial charge in [0.15, 0.2) is 6.61 Å². The lowest BCUT2D eigenvalue weighted by Gasteiger charge is -2.26. The lowest BCUT2D eigenvalue weighted by Crippen LogP contribution is -2.29. The Morgan fingerprint density at radius 3 is 2.93 bits per heavy atom. The Labute approximate surface area is 179 Å². The van der Waals surface area contributed by atoms with Gasteiger partial charge in [0.1, 0.15) is 11.5 Å². The molecule has 30 heavy (non-hydrogen) atoms. The molecule has 0 bridgehead atoms. The Morgan fingerprint density at radius 2 is 2.13 bits per heavy atom. The number of carbonyl (C=O) groups is 1. The van der Waals surface area contributed by atoms with Crippen molar-refractivity contribution >= 4 is 16.7 Å². The maximum atomic E-state index is 11.9. The highest BCUT2D eigenvalue weighted by Gasteiger charge is 2.11. The van der Waals surface area contributed by atoms with Crippen molar-refractivity contribution in [1.82, 2.24) is 15.2 Å². The summed E-state index contributed by atoms with van der Waals surface area (Å²) in [5, 5.41) is 2.63. The molecular formula is C22H27N3O4S. The summed E-state index contributed by atoms with van der Waals surface area (Å²) < 4.78 is 22.6. The zero-order chi connectivity index (χ0) is 21.0. The van der Waals surface area contributed by atoms with Crippen LogP contribution in [0.3, 0.4) is 0 Å². The highest BCUT2D eigenvalue weighted by molar-refractivity contribution is 7.84. The summed E-state index contributed by atoms with van der Waals surface area (Å²) in [4.78, 5) is 18.5. The van der Waals surface area contributed by atoms with Crippen LogP contribution in [0.25, 0.3) is 0 Å². The summed E-state index contributed by atoms with van der Waals surface area (Å²) in [5.41, 5.74) is 1.18. The van der Waals surface area contributed by atoms with Crippen LogP contribution in [-0.4, -0.2) is 52.0 Å². The third-order valence-electron chi connectivity index (χ3n) is 4.62. The van der Waals surface area contributed by atoms with Crippen LogP contribution in [0.2, 0.25) is 0 Å². The van der Waals surface area contributed by atoms with Crippen LogP contribution in [0.1, 0.15) is 30.6 Å². The Kier molecular flexibility index (Phi) is 8.94. The molecule has 1 saturated heterocycles. The molecule has 1 N–H and O–H groups in total. The van der Waals surface area contributed by atoms with Gasteiger partial charge >= 0.3 is 0 Å². The van der Waals surface area contributed by atoms with Gasteiger partial charge in [-0.1, -0.05) is 18.3 Å². The molecular weight excluding hydrogens is 402 g/mol. The highest BCUT2D eigenvalue weighted by Crippen LogP contribution is 2.15. The summed E-state index contributed by atoms with van der Waals surface area (Å²) >= 11 is 0. The average Bonchev–Trinajstić information content (AvgIpc) is 3.24. The van der Waals surface area contributed by atoms with Crippen LogP contribution < -0.4 is 10.1 Å². The quantitative estimate of drug-likeness (QED) is 0.615. The van der Waals surface area contributed by atoms with Gasteiger partial charge in [-0.25, -0.2) is 4.98 Å². The van der Waals surface area contributed by atoms with Crippen LogP contribution in [0.5, 0.6) is 5.88 Å². The SMILES string of the molecule is O=C(CS(=O)Cc1ccco1)NCC#CCOc1cc(CN2CCCCC2)ccn1. The predicted octanol–water partition coefficient (Wildman–Crippen LogP) is 2.11. The number of aromatic nitrogens is 1. The van der Waals surface area contributed by atoms with Gasteiger partial charge < -0.3 is 14.5 Å². The third-order valence-corrected chi connectivity index (χ3v) is 5.81. The van der Waals surface area contributed by atoms with Gasteiger partial charge in [-0.15, -0.1) is 0 Å². The number of ether oxygens (including phenoxy) is 1. The van der Waals surface area contributed by atoms with Crippen molar-refractivity contribution < 1.29 is 18.2 Å². The second kappa shape index (κ2) is 12.2. The summed E-state index contributed by atoms with van der Waals surface area (Å²) in [7, 11) is -1.31. The Bertz CT molecular complexity index is 883. The largest absolute Gasteiger partial charge is 0.468 e. The molecule has 2 aromatic heterocycles. The molecule has 0 aromatic carbocycles. The number of furan rings is 1. The molecule has 7 nitrogen and oxygen atoms in total. The minimum Gasteiger partial charge on any atom is -0.468 e. The van der Waals surface area contributed by atoms with Crippen molar-refractivity contribution in [2.24, 2.45) is 0 Å². The standard InChI is InChI=1S/C22H27N3O4S/c26-21(18-30(27)17-20-7-6-14-28-20)23-9-2-5-13-29-22-15-19(8-10-24-22)16-25-11-3-1-4-12-25/h6-8,10,14-15H,1,3-4,9,11-13,16-18H2,(H,23,26). The molecule has 160 valence electrons. The summed E-state index contributed by atoms with van der Waals surface area (Å²) in [6.07, 6.45) is 7.12. The molecule has 0 aliphatic carbocycles. The van der Waals surface area contributed by atoms with Crippen molar-refractivity contribution in [2.45, 2.75) is 31.6 Å². The number of nitrogens with zero attached hydrogens (tertiary/aromatic N) is 2. The molecule has 1 atom stereocenters. The van der Waals surface area contributed by atoms with E-state index in [1.54, 1.807) is 18.3 Å². The molecule has 3 rings (SSSR count). The molecule has 8 heteroatoms. The number of amides is 1. The van der Waals surface area contributed by atoms with Crippen molar-refractivity contribution in [3.63, 3.8) is 0 Å². The number of pyridine rings is 1. The van der Waals surface area contributed by atoms with Gasteiger partial charge in [0, 0.05) is 29.6 Å². The lowest BCUT2D eigenvalue weighted by molar-refractivity contribution is -0.118. The molecule has 1 fully saturated rings. The minimum atomic E-state index is -1.31. The van der Waals surface area contributed by atoms with Gasteiger partial charge in [0.2, 0.25) is 11.8 Å². The number of piperidine rings is 1. The van der Waals surface area contributed by atoms with E-state index < -0.39 is 10.8 Å². The maximum Gasteiger partial charge on any atom is 0.233 e. The smallest absolute Gasteiger partial charge is 0.233 e. The van der Waals surface area contributed by atoms with Gasteiger partial charge in [-0.3, -0.25) is 13.9 Å². The third kappa shape index (κ3) is 8.01. The van der Waals surface area contributed by atoms with Crippen LogP contribution in [-0.2, 0) is 27.9 Å². The van der Waals surface area contributed by atoms with Crippen LogP contribution in [0.4, 0.5) is 0 Å². The highest BCUT2D eigenvalue weighted by atomic mass is 32.2. The Morgan fingerprint density at radius 1 is 1.27 bits per heavy atom. The second-order valence-corrected chi connectivity index (χ2v) is 8.52. The molecule has 3 heterocycles. The first-order valence-electron chi connectivity index (χ1n) is 10.1. The topological polar surface area (TPSA) is 84.7 Å². The first-order valence-corrected chi connectivity index (χ1v) is 11.6. The summed E-state index contributed by atoms with van der Waals surface area (Å²) in [6, 6.07) is 7.43. The second-order valence-electron chi connectivity index (χ2n) is 7.07. The number of hydrogen-bond acceptors (Lipinski definition) is 6. The number of rotatable bonds is 9. The van der Waals surface area contributed by atoms with Gasteiger partial charge in [0.25, 0.3) is 0 Å². The Hall–Kier alpha value is -2.63. The van der Waals surface area contributed by atoms with E-state index in [4.69, 9.17) is 9.15 Å². The molecule has 0 radical (unpaired) electrons. The first-order chi connectivity index (χ1) is 14.7. The lowest BCUT2D eigenvalue weighted by atomic mass is 10.1. The van der Waals surface area contributed by atoms with E-state index in [-0.39, 0.29) is 30.6 Å². The Balaban J connectivity index is 1.32. The fraction of sp³-hybridized carbons (Fsp3) is 0.455. The number of carbonyl (C=O) groups excluding carboxylic acids is 1. The molecule has 1 unspecified atom stereocenters. The van der Waals surface area contributed by atoms with Gasteiger partial charge in [-0.2, -0.15) is 0 Å². The molecule has 1 aliphatic heterocycles. The fourth-order valence-corrected chi connectivity index (χ4v) is 4.15. The summed E-state index contributed by atoms with van der Waals surface area (Å²) in [6.45, 7) is 3.58. The normalized spacial score (nSPS) is 15.1. The summed E-state index contributed by atoms with van der Waals surface area (Å²) in [5.74, 6) is 6.68. The fourth-order valence-electron chi connectivity index (χ4n) is 3.17. The van der Waals surface area contributed by atoms with Crippen molar-refractivity contribution in [1.29, 1.82) is 0 Å². The van der Waals surface area contributed by atoms with Crippen molar-refractivity contribution in [3.8, 4) is 17.7 Å². The molecule has 1 aliphatic rings. The van der Waals surface area contributed by atoms with E-state index in [1.165, 1.54) is 31.1 Å². The zero-order valence-corrected chi connectivity index (χ0v) is 17.8. The van der Waals surface area contributed by atoms with Crippen LogP contribution in [0, 0.1) is 11.8 Å². The van der Waals surface area contributed by atoms with E-state index in [1.807, 2.05) is 12.1 Å². The van der Waals surface area contributed by atoms with Crippen molar-refractivity contribution in [2.75, 3.05) is 32.0 Å². The number of hydrogen-bond donors (Lipinski definition) is 1. The van der Waals surface area contributed by atoms with E-state index in [9.17, 15) is 9.00 Å². The van der Waals surface area contributed by atoms with Crippen molar-refractivity contribution in [3.05, 3.63) is 48.0 Å².